The molecule has 0 saturated carbocycles. The van der Waals surface area contributed by atoms with Gasteiger partial charge in [0.15, 0.2) is 6.10 Å². The number of amides is 3. The van der Waals surface area contributed by atoms with Crippen LogP contribution in [0.5, 0.6) is 0 Å². The van der Waals surface area contributed by atoms with Crippen LogP contribution in [0.25, 0.3) is 0 Å². The number of nitrogens with one attached hydrogen (secondary N) is 3. The van der Waals surface area contributed by atoms with Crippen LogP contribution in [0.2, 0.25) is 0 Å². The van der Waals surface area contributed by atoms with E-state index in [0.717, 1.165) is 12.7 Å². The molecule has 0 aromatic heterocycles. The maximum Gasteiger partial charge on any atom is 0.408 e. The summed E-state index contributed by atoms with van der Waals surface area (Å²) < 4.78 is 14.5. The summed E-state index contributed by atoms with van der Waals surface area (Å²) in [6, 6.07) is 5.87. The number of aliphatic hydroxyl groups excluding tert-OH is 1. The Bertz CT molecular complexity index is 868. The molecule has 4 N–H and O–H groups in total. The van der Waals surface area contributed by atoms with Gasteiger partial charge in [-0.15, -0.1) is 0 Å². The molecule has 0 aliphatic rings. The maximum absolute atomic E-state index is 12.6. The third-order valence-electron chi connectivity index (χ3n) is 4.09. The molecule has 12 heteroatoms. The molecule has 0 saturated heterocycles. The van der Waals surface area contributed by atoms with E-state index < -0.39 is 60.2 Å². The Hall–Kier alpha value is -3.67. The minimum atomic E-state index is -2.08. The van der Waals surface area contributed by atoms with Crippen molar-refractivity contribution in [2.45, 2.75) is 58.1 Å². The smallest absolute Gasteiger partial charge is 0.408 e. The van der Waals surface area contributed by atoms with Gasteiger partial charge < -0.3 is 35.3 Å². The first-order chi connectivity index (χ1) is 15.8. The number of carbonyl (C=O) groups is 5. The third kappa shape index (κ3) is 10.3. The maximum atomic E-state index is 12.6. The van der Waals surface area contributed by atoms with Crippen LogP contribution in [0.15, 0.2) is 30.3 Å². The zero-order valence-electron chi connectivity index (χ0n) is 19.7. The zero-order chi connectivity index (χ0) is 25.9. The number of benzene rings is 1. The van der Waals surface area contributed by atoms with Gasteiger partial charge in [-0.3, -0.25) is 9.59 Å². The van der Waals surface area contributed by atoms with E-state index in [1.807, 2.05) is 0 Å². The monoisotopic (exact) mass is 481 g/mol. The van der Waals surface area contributed by atoms with Crippen LogP contribution in [0.3, 0.4) is 0 Å². The van der Waals surface area contributed by atoms with Crippen LogP contribution in [0.4, 0.5) is 4.79 Å². The number of hydrogen-bond donors (Lipinski definition) is 4. The van der Waals surface area contributed by atoms with Crippen molar-refractivity contribution in [2.75, 3.05) is 13.7 Å². The standard InChI is InChI=1S/C22H31N3O9/c1-13(19(29)33-12-14-9-7-6-8-10-14)24-18(28)16(17(27)20(30)32-5)25-15(26)11-23-21(31)34-22(2,3)4/h6-10,13,16-17,27H,11-12H2,1-5H3,(H,23,31)(H,24,28)(H,25,26)/t13-,16-,17-/m0/s1. The molecule has 0 spiro atoms. The van der Waals surface area contributed by atoms with Crippen LogP contribution in [0.1, 0.15) is 33.3 Å². The van der Waals surface area contributed by atoms with Gasteiger partial charge in [-0.25, -0.2) is 14.4 Å². The van der Waals surface area contributed by atoms with Crippen LogP contribution in [-0.2, 0) is 40.0 Å². The Balaban J connectivity index is 2.74. The van der Waals surface area contributed by atoms with E-state index in [1.54, 1.807) is 51.1 Å². The first-order valence-corrected chi connectivity index (χ1v) is 10.4. The number of rotatable bonds is 10. The Morgan fingerprint density at radius 2 is 1.62 bits per heavy atom. The summed E-state index contributed by atoms with van der Waals surface area (Å²) in [7, 11) is 0.982. The molecule has 1 rings (SSSR count). The molecule has 1 aromatic carbocycles. The number of alkyl carbamates (subject to hydrolysis) is 1. The molecule has 188 valence electrons. The van der Waals surface area contributed by atoms with Gasteiger partial charge in [-0.2, -0.15) is 0 Å². The number of aliphatic hydroxyl groups is 1. The molecule has 0 unspecified atom stereocenters. The second-order valence-corrected chi connectivity index (χ2v) is 8.19. The van der Waals surface area contributed by atoms with E-state index in [-0.39, 0.29) is 6.61 Å². The van der Waals surface area contributed by atoms with Crippen molar-refractivity contribution in [3.05, 3.63) is 35.9 Å². The van der Waals surface area contributed by atoms with Gasteiger partial charge in [0.1, 0.15) is 30.8 Å². The zero-order valence-corrected chi connectivity index (χ0v) is 19.7. The van der Waals surface area contributed by atoms with E-state index in [2.05, 4.69) is 20.7 Å². The minimum absolute atomic E-state index is 0.0266. The van der Waals surface area contributed by atoms with Gasteiger partial charge in [0.2, 0.25) is 11.8 Å². The summed E-state index contributed by atoms with van der Waals surface area (Å²) >= 11 is 0. The Morgan fingerprint density at radius 3 is 2.18 bits per heavy atom. The largest absolute Gasteiger partial charge is 0.467 e. The van der Waals surface area contributed by atoms with Crippen molar-refractivity contribution in [2.24, 2.45) is 0 Å². The molecular formula is C22H31N3O9. The Kier molecular flexibility index (Phi) is 11.0. The molecule has 3 amide bonds. The first kappa shape index (κ1) is 28.4. The van der Waals surface area contributed by atoms with E-state index >= 15 is 0 Å². The number of esters is 2. The molecule has 0 bridgehead atoms. The second-order valence-electron chi connectivity index (χ2n) is 8.19. The van der Waals surface area contributed by atoms with Crippen molar-refractivity contribution >= 4 is 29.8 Å². The lowest BCUT2D eigenvalue weighted by atomic mass is 10.1. The number of hydrogen-bond acceptors (Lipinski definition) is 9. The molecule has 12 nitrogen and oxygen atoms in total. The van der Waals surface area contributed by atoms with E-state index in [9.17, 15) is 29.1 Å². The highest BCUT2D eigenvalue weighted by atomic mass is 16.6. The molecule has 0 fully saturated rings. The van der Waals surface area contributed by atoms with Gasteiger partial charge in [0.25, 0.3) is 0 Å². The molecule has 0 heterocycles. The van der Waals surface area contributed by atoms with E-state index in [0.29, 0.717) is 0 Å². The molecule has 34 heavy (non-hydrogen) atoms. The van der Waals surface area contributed by atoms with Crippen LogP contribution >= 0.6 is 0 Å². The summed E-state index contributed by atoms with van der Waals surface area (Å²) in [5, 5.41) is 16.7. The molecular weight excluding hydrogens is 450 g/mol. The topological polar surface area (TPSA) is 169 Å². The lowest BCUT2D eigenvalue weighted by molar-refractivity contribution is -0.155. The molecule has 0 aliphatic heterocycles. The normalized spacial score (nSPS) is 13.5. The average Bonchev–Trinajstić information content (AvgIpc) is 2.77. The Morgan fingerprint density at radius 1 is 1.00 bits per heavy atom. The van der Waals surface area contributed by atoms with Crippen molar-refractivity contribution in [3.8, 4) is 0 Å². The van der Waals surface area contributed by atoms with Gasteiger partial charge in [0, 0.05) is 0 Å². The predicted octanol–water partition coefficient (Wildman–Crippen LogP) is -0.222. The Labute approximate surface area is 197 Å². The highest BCUT2D eigenvalue weighted by Crippen LogP contribution is 2.06. The number of methoxy groups -OCH3 is 1. The molecule has 1 aromatic rings. The fourth-order valence-electron chi connectivity index (χ4n) is 2.45. The summed E-state index contributed by atoms with van der Waals surface area (Å²) in [4.78, 5) is 60.5. The highest BCUT2D eigenvalue weighted by molar-refractivity contribution is 5.95. The lowest BCUT2D eigenvalue weighted by Crippen LogP contribution is -2.59. The fraction of sp³-hybridized carbons (Fsp3) is 0.500. The van der Waals surface area contributed by atoms with E-state index in [4.69, 9.17) is 9.47 Å². The van der Waals surface area contributed by atoms with Crippen LogP contribution < -0.4 is 16.0 Å². The lowest BCUT2D eigenvalue weighted by Gasteiger charge is -2.24. The minimum Gasteiger partial charge on any atom is -0.467 e. The van der Waals surface area contributed by atoms with Crippen molar-refractivity contribution in [3.63, 3.8) is 0 Å². The molecule has 3 atom stereocenters. The van der Waals surface area contributed by atoms with Gasteiger partial charge in [-0.1, -0.05) is 30.3 Å². The van der Waals surface area contributed by atoms with Crippen molar-refractivity contribution in [1.82, 2.24) is 16.0 Å². The fourth-order valence-corrected chi connectivity index (χ4v) is 2.45. The van der Waals surface area contributed by atoms with Gasteiger partial charge in [-0.05, 0) is 33.3 Å². The number of ether oxygens (including phenoxy) is 3. The quantitative estimate of drug-likeness (QED) is 0.261. The predicted molar refractivity (Wildman–Crippen MR) is 118 cm³/mol. The number of carbonyl (C=O) groups excluding carboxylic acids is 5. The highest BCUT2D eigenvalue weighted by Gasteiger charge is 2.36. The van der Waals surface area contributed by atoms with Crippen molar-refractivity contribution in [1.29, 1.82) is 0 Å². The molecule has 0 radical (unpaired) electrons. The third-order valence-corrected chi connectivity index (χ3v) is 4.09. The summed E-state index contributed by atoms with van der Waals surface area (Å²) in [6.07, 6.45) is -2.96. The SMILES string of the molecule is COC(=O)[C@@H](O)[C@H](NC(=O)CNC(=O)OC(C)(C)C)C(=O)N[C@@H](C)C(=O)OCc1ccccc1. The second kappa shape index (κ2) is 13.1. The van der Waals surface area contributed by atoms with Crippen LogP contribution in [0, 0.1) is 0 Å². The van der Waals surface area contributed by atoms with Crippen LogP contribution in [-0.4, -0.2) is 72.4 Å². The first-order valence-electron chi connectivity index (χ1n) is 10.4. The molecule has 0 aliphatic carbocycles. The van der Waals surface area contributed by atoms with Gasteiger partial charge >= 0.3 is 18.0 Å². The van der Waals surface area contributed by atoms with E-state index in [1.165, 1.54) is 6.92 Å². The summed E-state index contributed by atoms with van der Waals surface area (Å²) in [6.45, 7) is 5.59. The van der Waals surface area contributed by atoms with Crippen molar-refractivity contribution < 1.29 is 43.3 Å². The summed E-state index contributed by atoms with van der Waals surface area (Å²) in [5.74, 6) is -3.93. The van der Waals surface area contributed by atoms with Gasteiger partial charge in [0.05, 0.1) is 7.11 Å². The summed E-state index contributed by atoms with van der Waals surface area (Å²) in [5.41, 5.74) is -0.0619. The average molecular weight is 482 g/mol.